The standard InChI is InChI=1S/C15H19N3/c1-12-16-9-15(10-17-14-7-8-14)18(12)11-13-5-3-2-4-6-13/h2-6,9,14,17H,7-8,10-11H2,1H3. The molecule has 94 valence electrons. The van der Waals surface area contributed by atoms with E-state index in [1.807, 2.05) is 6.20 Å². The summed E-state index contributed by atoms with van der Waals surface area (Å²) in [5.41, 5.74) is 2.61. The van der Waals surface area contributed by atoms with Gasteiger partial charge in [0, 0.05) is 25.3 Å². The Morgan fingerprint density at radius 1 is 1.28 bits per heavy atom. The smallest absolute Gasteiger partial charge is 0.106 e. The van der Waals surface area contributed by atoms with Gasteiger partial charge < -0.3 is 9.88 Å². The number of hydrogen-bond acceptors (Lipinski definition) is 2. The van der Waals surface area contributed by atoms with Crippen LogP contribution < -0.4 is 5.32 Å². The molecule has 0 aliphatic heterocycles. The van der Waals surface area contributed by atoms with Gasteiger partial charge in [0.2, 0.25) is 0 Å². The van der Waals surface area contributed by atoms with Crippen LogP contribution in [-0.4, -0.2) is 15.6 Å². The molecule has 18 heavy (non-hydrogen) atoms. The molecule has 0 spiro atoms. The van der Waals surface area contributed by atoms with Crippen molar-refractivity contribution in [2.75, 3.05) is 0 Å². The molecule has 3 rings (SSSR count). The lowest BCUT2D eigenvalue weighted by Gasteiger charge is -2.11. The fourth-order valence-electron chi connectivity index (χ4n) is 2.17. The molecule has 1 fully saturated rings. The van der Waals surface area contributed by atoms with E-state index >= 15 is 0 Å². The van der Waals surface area contributed by atoms with Crippen LogP contribution in [-0.2, 0) is 13.1 Å². The third-order valence-electron chi connectivity index (χ3n) is 3.47. The highest BCUT2D eigenvalue weighted by Crippen LogP contribution is 2.19. The molecule has 1 aromatic carbocycles. The molecule has 0 unspecified atom stereocenters. The fraction of sp³-hybridized carbons (Fsp3) is 0.400. The number of nitrogens with zero attached hydrogens (tertiary/aromatic N) is 2. The molecular weight excluding hydrogens is 222 g/mol. The summed E-state index contributed by atoms with van der Waals surface area (Å²) >= 11 is 0. The number of nitrogens with one attached hydrogen (secondary N) is 1. The van der Waals surface area contributed by atoms with Crippen molar-refractivity contribution in [2.24, 2.45) is 0 Å². The summed E-state index contributed by atoms with van der Waals surface area (Å²) in [6, 6.07) is 11.3. The molecule has 0 amide bonds. The van der Waals surface area contributed by atoms with E-state index in [9.17, 15) is 0 Å². The van der Waals surface area contributed by atoms with Gasteiger partial charge in [0.1, 0.15) is 5.82 Å². The Balaban J connectivity index is 1.75. The lowest BCUT2D eigenvalue weighted by molar-refractivity contribution is 0.627. The summed E-state index contributed by atoms with van der Waals surface area (Å²) in [7, 11) is 0. The Bertz CT molecular complexity index is 512. The minimum Gasteiger partial charge on any atom is -0.327 e. The third kappa shape index (κ3) is 2.62. The van der Waals surface area contributed by atoms with Gasteiger partial charge in [-0.05, 0) is 25.3 Å². The maximum Gasteiger partial charge on any atom is 0.106 e. The van der Waals surface area contributed by atoms with E-state index in [0.717, 1.165) is 25.0 Å². The average Bonchev–Trinajstić information content (AvgIpc) is 3.16. The quantitative estimate of drug-likeness (QED) is 0.871. The van der Waals surface area contributed by atoms with Gasteiger partial charge in [-0.25, -0.2) is 4.98 Å². The van der Waals surface area contributed by atoms with Crippen molar-refractivity contribution in [3.63, 3.8) is 0 Å². The predicted molar refractivity (Wildman–Crippen MR) is 72.4 cm³/mol. The minimum absolute atomic E-state index is 0.741. The van der Waals surface area contributed by atoms with Crippen molar-refractivity contribution < 1.29 is 0 Å². The summed E-state index contributed by atoms with van der Waals surface area (Å²) in [5, 5.41) is 3.55. The molecule has 1 aliphatic carbocycles. The molecule has 0 radical (unpaired) electrons. The van der Waals surface area contributed by atoms with E-state index < -0.39 is 0 Å². The maximum absolute atomic E-state index is 4.43. The van der Waals surface area contributed by atoms with Crippen LogP contribution in [0.4, 0.5) is 0 Å². The second-order valence-electron chi connectivity index (χ2n) is 5.02. The second kappa shape index (κ2) is 4.94. The van der Waals surface area contributed by atoms with Crippen LogP contribution in [0.2, 0.25) is 0 Å². The zero-order valence-electron chi connectivity index (χ0n) is 10.8. The largest absolute Gasteiger partial charge is 0.327 e. The molecule has 3 heteroatoms. The van der Waals surface area contributed by atoms with E-state index in [-0.39, 0.29) is 0 Å². The first-order valence-electron chi connectivity index (χ1n) is 6.61. The molecule has 0 bridgehead atoms. The van der Waals surface area contributed by atoms with Gasteiger partial charge in [0.15, 0.2) is 0 Å². The van der Waals surface area contributed by atoms with Crippen molar-refractivity contribution in [2.45, 2.75) is 38.9 Å². The first-order chi connectivity index (χ1) is 8.83. The molecule has 1 aliphatic rings. The van der Waals surface area contributed by atoms with Gasteiger partial charge in [-0.15, -0.1) is 0 Å². The molecule has 1 N–H and O–H groups in total. The van der Waals surface area contributed by atoms with Crippen molar-refractivity contribution in [1.82, 2.24) is 14.9 Å². The Morgan fingerprint density at radius 2 is 2.06 bits per heavy atom. The summed E-state index contributed by atoms with van der Waals surface area (Å²) in [5.74, 6) is 1.09. The number of aryl methyl sites for hydroxylation is 1. The zero-order valence-corrected chi connectivity index (χ0v) is 10.8. The topological polar surface area (TPSA) is 29.9 Å². The van der Waals surface area contributed by atoms with Crippen LogP contribution in [0.15, 0.2) is 36.5 Å². The highest BCUT2D eigenvalue weighted by Gasteiger charge is 2.20. The van der Waals surface area contributed by atoms with E-state index in [4.69, 9.17) is 0 Å². The van der Waals surface area contributed by atoms with Crippen LogP contribution >= 0.6 is 0 Å². The van der Waals surface area contributed by atoms with Gasteiger partial charge in [-0.3, -0.25) is 0 Å². The molecule has 1 saturated carbocycles. The van der Waals surface area contributed by atoms with Crippen LogP contribution in [0.1, 0.15) is 29.9 Å². The lowest BCUT2D eigenvalue weighted by atomic mass is 10.2. The average molecular weight is 241 g/mol. The van der Waals surface area contributed by atoms with E-state index in [2.05, 4.69) is 52.1 Å². The summed E-state index contributed by atoms with van der Waals surface area (Å²) in [4.78, 5) is 4.43. The van der Waals surface area contributed by atoms with Gasteiger partial charge in [-0.2, -0.15) is 0 Å². The van der Waals surface area contributed by atoms with E-state index in [1.165, 1.54) is 24.1 Å². The summed E-state index contributed by atoms with van der Waals surface area (Å²) in [6.45, 7) is 3.91. The Hall–Kier alpha value is -1.61. The Labute approximate surface area is 108 Å². The number of benzene rings is 1. The van der Waals surface area contributed by atoms with Gasteiger partial charge in [0.05, 0.1) is 5.69 Å². The molecule has 2 aromatic rings. The zero-order chi connectivity index (χ0) is 12.4. The third-order valence-corrected chi connectivity index (χ3v) is 3.47. The molecule has 0 atom stereocenters. The van der Waals surface area contributed by atoms with Crippen molar-refractivity contribution in [1.29, 1.82) is 0 Å². The summed E-state index contributed by atoms with van der Waals surface area (Å²) in [6.07, 6.45) is 4.64. The summed E-state index contributed by atoms with van der Waals surface area (Å²) < 4.78 is 2.30. The monoisotopic (exact) mass is 241 g/mol. The fourth-order valence-corrected chi connectivity index (χ4v) is 2.17. The SMILES string of the molecule is Cc1ncc(CNC2CC2)n1Cc1ccccc1. The second-order valence-corrected chi connectivity index (χ2v) is 5.02. The van der Waals surface area contributed by atoms with Crippen LogP contribution in [0.25, 0.3) is 0 Å². The first-order valence-corrected chi connectivity index (χ1v) is 6.61. The van der Waals surface area contributed by atoms with Gasteiger partial charge in [-0.1, -0.05) is 30.3 Å². The Morgan fingerprint density at radius 3 is 2.78 bits per heavy atom. The van der Waals surface area contributed by atoms with Crippen LogP contribution in [0.3, 0.4) is 0 Å². The van der Waals surface area contributed by atoms with E-state index in [0.29, 0.717) is 0 Å². The van der Waals surface area contributed by atoms with Gasteiger partial charge >= 0.3 is 0 Å². The predicted octanol–water partition coefficient (Wildman–Crippen LogP) is 2.49. The normalized spacial score (nSPS) is 14.9. The molecule has 0 saturated heterocycles. The number of rotatable bonds is 5. The van der Waals surface area contributed by atoms with Crippen molar-refractivity contribution in [3.05, 3.63) is 53.6 Å². The van der Waals surface area contributed by atoms with Crippen LogP contribution in [0.5, 0.6) is 0 Å². The Kier molecular flexibility index (Phi) is 3.15. The first kappa shape index (κ1) is 11.5. The minimum atomic E-state index is 0.741. The maximum atomic E-state index is 4.43. The highest BCUT2D eigenvalue weighted by molar-refractivity contribution is 5.17. The van der Waals surface area contributed by atoms with E-state index in [1.54, 1.807) is 0 Å². The highest BCUT2D eigenvalue weighted by atomic mass is 15.1. The van der Waals surface area contributed by atoms with Gasteiger partial charge in [0.25, 0.3) is 0 Å². The van der Waals surface area contributed by atoms with Crippen molar-refractivity contribution in [3.8, 4) is 0 Å². The molecule has 3 nitrogen and oxygen atoms in total. The number of aromatic nitrogens is 2. The number of hydrogen-bond donors (Lipinski definition) is 1. The van der Waals surface area contributed by atoms with Crippen molar-refractivity contribution >= 4 is 0 Å². The van der Waals surface area contributed by atoms with Crippen LogP contribution in [0, 0.1) is 6.92 Å². The lowest BCUT2D eigenvalue weighted by Crippen LogP contribution is -2.18. The molecule has 1 heterocycles. The molecular formula is C15H19N3. The number of imidazole rings is 1. The molecule has 1 aromatic heterocycles.